The fraction of sp³-hybridized carbons (Fsp3) is 0.538. The number of hydrogen-bond acceptors (Lipinski definition) is 10. The molecule has 3 aliphatic rings. The summed E-state index contributed by atoms with van der Waals surface area (Å²) < 4.78 is 22.5. The van der Waals surface area contributed by atoms with Gasteiger partial charge >= 0.3 is 0 Å². The van der Waals surface area contributed by atoms with Gasteiger partial charge in [0, 0.05) is 24.1 Å². The highest BCUT2D eigenvalue weighted by atomic mass is 32.1. The predicted octanol–water partition coefficient (Wildman–Crippen LogP) is 4.50. The van der Waals surface area contributed by atoms with Crippen molar-refractivity contribution in [2.75, 3.05) is 13.2 Å². The quantitative estimate of drug-likeness (QED) is 0.216. The van der Waals surface area contributed by atoms with Gasteiger partial charge in [-0.1, -0.05) is 26.7 Å². The molecule has 2 aromatic heterocycles. The molecule has 0 aromatic carbocycles. The molecule has 1 N–H and O–H groups in total. The van der Waals surface area contributed by atoms with Crippen molar-refractivity contribution in [3.63, 3.8) is 0 Å². The molecule has 10 heteroatoms. The highest BCUT2D eigenvalue weighted by molar-refractivity contribution is 7.75. The number of unbranched alkanes of at least 4 members (excludes halogenated alkanes) is 2. The smallest absolute Gasteiger partial charge is 0.265 e. The van der Waals surface area contributed by atoms with Crippen LogP contribution in [0.15, 0.2) is 22.5 Å². The number of pyridine rings is 1. The molecule has 192 valence electrons. The van der Waals surface area contributed by atoms with Crippen LogP contribution in [0.5, 0.6) is 11.6 Å². The van der Waals surface area contributed by atoms with Crippen LogP contribution in [0.4, 0.5) is 0 Å². The zero-order chi connectivity index (χ0) is 25.4. The number of thiol groups is 1. The second-order valence-corrected chi connectivity index (χ2v) is 9.83. The van der Waals surface area contributed by atoms with Crippen molar-refractivity contribution in [3.8, 4) is 11.6 Å². The van der Waals surface area contributed by atoms with Gasteiger partial charge in [0.05, 0.1) is 25.0 Å². The van der Waals surface area contributed by atoms with E-state index in [2.05, 4.69) is 30.0 Å². The standard InChI is InChI=1S/C26H30N2O7S/c1-3-5-7-32-18-13-27-12-15-9-14-10-16-11-17-21(25(28-34-17)33-8-6-4-2)24(31)26(16,35-36)23(30)20(14)22(29)19(15)18/h12-14,16,29,36H,3-11H2,1-2H3/t14?,16?,26-/m0/s1. The van der Waals surface area contributed by atoms with Crippen LogP contribution in [0.2, 0.25) is 0 Å². The van der Waals surface area contributed by atoms with E-state index in [9.17, 15) is 14.7 Å². The summed E-state index contributed by atoms with van der Waals surface area (Å²) in [5, 5.41) is 15.4. The molecule has 9 nitrogen and oxygen atoms in total. The molecule has 3 atom stereocenters. The molecular formula is C26H30N2O7S. The summed E-state index contributed by atoms with van der Waals surface area (Å²) in [6.07, 6.45) is 7.91. The van der Waals surface area contributed by atoms with Crippen LogP contribution < -0.4 is 9.47 Å². The third-order valence-corrected chi connectivity index (χ3v) is 7.73. The van der Waals surface area contributed by atoms with Gasteiger partial charge in [-0.3, -0.25) is 18.8 Å². The van der Waals surface area contributed by atoms with Gasteiger partial charge in [-0.05, 0) is 55.2 Å². The Morgan fingerprint density at radius 1 is 1.08 bits per heavy atom. The summed E-state index contributed by atoms with van der Waals surface area (Å²) >= 11 is 4.03. The van der Waals surface area contributed by atoms with Crippen molar-refractivity contribution < 1.29 is 32.9 Å². The molecule has 0 saturated heterocycles. The van der Waals surface area contributed by atoms with E-state index in [0.717, 1.165) is 31.2 Å². The number of aliphatic hydroxyl groups excluding tert-OH is 1. The Balaban J connectivity index is 1.56. The van der Waals surface area contributed by atoms with Gasteiger partial charge in [-0.15, -0.1) is 0 Å². The van der Waals surface area contributed by atoms with Crippen LogP contribution in [-0.2, 0) is 21.8 Å². The first kappa shape index (κ1) is 24.8. The van der Waals surface area contributed by atoms with Crippen LogP contribution in [0.3, 0.4) is 0 Å². The molecule has 0 bridgehead atoms. The number of hydrogen-bond donors (Lipinski definition) is 2. The topological polar surface area (TPSA) is 121 Å². The van der Waals surface area contributed by atoms with Gasteiger partial charge in [-0.25, -0.2) is 0 Å². The normalized spacial score (nSPS) is 24.6. The highest BCUT2D eigenvalue weighted by Crippen LogP contribution is 2.53. The van der Waals surface area contributed by atoms with Crippen molar-refractivity contribution in [1.29, 1.82) is 0 Å². The van der Waals surface area contributed by atoms with Gasteiger partial charge < -0.3 is 19.1 Å². The molecule has 0 spiro atoms. The maximum atomic E-state index is 14.1. The minimum atomic E-state index is -1.90. The number of aromatic nitrogens is 2. The summed E-state index contributed by atoms with van der Waals surface area (Å²) in [6.45, 7) is 4.92. The van der Waals surface area contributed by atoms with E-state index in [1.807, 2.05) is 6.92 Å². The van der Waals surface area contributed by atoms with Crippen molar-refractivity contribution in [3.05, 3.63) is 40.4 Å². The fourth-order valence-corrected chi connectivity index (χ4v) is 5.91. The Morgan fingerprint density at radius 2 is 1.83 bits per heavy atom. The summed E-state index contributed by atoms with van der Waals surface area (Å²) in [5.74, 6) is -1.35. The van der Waals surface area contributed by atoms with E-state index in [4.69, 9.17) is 18.2 Å². The summed E-state index contributed by atoms with van der Waals surface area (Å²) in [5.41, 5.74) is -0.367. The minimum Gasteiger partial charge on any atom is -0.507 e. The van der Waals surface area contributed by atoms with Crippen LogP contribution in [0, 0.1) is 11.8 Å². The van der Waals surface area contributed by atoms with Crippen LogP contribution >= 0.6 is 12.9 Å². The number of ether oxygens (including phenoxy) is 2. The van der Waals surface area contributed by atoms with Crippen LogP contribution in [-0.4, -0.2) is 45.6 Å². The van der Waals surface area contributed by atoms with Gasteiger partial charge in [0.1, 0.15) is 17.1 Å². The number of carbonyl (C=O) groups excluding carboxylic acids is 2. The lowest BCUT2D eigenvalue weighted by molar-refractivity contribution is -0.133. The molecule has 3 aliphatic carbocycles. The molecule has 1 fully saturated rings. The second-order valence-electron chi connectivity index (χ2n) is 9.65. The molecule has 2 unspecified atom stereocenters. The molecule has 5 rings (SSSR count). The highest BCUT2D eigenvalue weighted by Gasteiger charge is 2.64. The maximum Gasteiger partial charge on any atom is 0.265 e. The Hall–Kier alpha value is -2.85. The molecule has 0 aliphatic heterocycles. The van der Waals surface area contributed by atoms with Crippen LogP contribution in [0.25, 0.3) is 5.76 Å². The largest absolute Gasteiger partial charge is 0.507 e. The molecule has 36 heavy (non-hydrogen) atoms. The first-order valence-corrected chi connectivity index (χ1v) is 12.9. The average Bonchev–Trinajstić information content (AvgIpc) is 3.27. The summed E-state index contributed by atoms with van der Waals surface area (Å²) in [7, 11) is 0. The first-order chi connectivity index (χ1) is 17.5. The molecule has 2 heterocycles. The van der Waals surface area contributed by atoms with Gasteiger partial charge in [0.2, 0.25) is 17.2 Å². The van der Waals surface area contributed by atoms with Gasteiger partial charge in [-0.2, -0.15) is 0 Å². The molecule has 2 aromatic rings. The number of carbonyl (C=O) groups is 2. The SMILES string of the molecule is CCCCOc1cncc2c1C(O)=C1C(=O)[C@]3(OS)C(=O)c4c(OCCCC)noc4CC3CC1C2. The molecule has 0 radical (unpaired) electrons. The Bertz CT molecular complexity index is 1220. The zero-order valence-electron chi connectivity index (χ0n) is 20.4. The van der Waals surface area contributed by atoms with Crippen molar-refractivity contribution in [2.45, 2.75) is 64.4 Å². The monoisotopic (exact) mass is 514 g/mol. The number of fused-ring (bicyclic) bond motifs is 4. The number of Topliss-reactive ketones (excluding diaryl/α,β-unsaturated/α-hetero) is 2. The lowest BCUT2D eigenvalue weighted by atomic mass is 9.59. The lowest BCUT2D eigenvalue weighted by Crippen LogP contribution is -2.61. The third-order valence-electron chi connectivity index (χ3n) is 7.45. The van der Waals surface area contributed by atoms with E-state index in [1.165, 1.54) is 0 Å². The number of nitrogens with zero attached hydrogens (tertiary/aromatic N) is 2. The summed E-state index contributed by atoms with van der Waals surface area (Å²) in [6, 6.07) is 0. The lowest BCUT2D eigenvalue weighted by Gasteiger charge is -2.46. The minimum absolute atomic E-state index is 0.0615. The molecule has 0 amide bonds. The fourth-order valence-electron chi connectivity index (χ4n) is 5.59. The van der Waals surface area contributed by atoms with E-state index in [-0.39, 0.29) is 35.1 Å². The Kier molecular flexibility index (Phi) is 6.82. The third kappa shape index (κ3) is 3.73. The molecular weight excluding hydrogens is 484 g/mol. The van der Waals surface area contributed by atoms with Crippen molar-refractivity contribution in [1.82, 2.24) is 10.1 Å². The van der Waals surface area contributed by atoms with Gasteiger partial charge in [0.25, 0.3) is 5.88 Å². The second kappa shape index (κ2) is 9.89. The maximum absolute atomic E-state index is 14.1. The number of aliphatic hydroxyl groups is 1. The van der Waals surface area contributed by atoms with E-state index in [1.54, 1.807) is 12.4 Å². The molecule has 1 saturated carbocycles. The van der Waals surface area contributed by atoms with Crippen molar-refractivity contribution >= 4 is 30.2 Å². The van der Waals surface area contributed by atoms with Crippen LogP contribution in [0.1, 0.15) is 73.2 Å². The Morgan fingerprint density at radius 3 is 2.56 bits per heavy atom. The van der Waals surface area contributed by atoms with E-state index < -0.39 is 23.1 Å². The first-order valence-electron chi connectivity index (χ1n) is 12.5. The zero-order valence-corrected chi connectivity index (χ0v) is 21.3. The summed E-state index contributed by atoms with van der Waals surface area (Å²) in [4.78, 5) is 32.3. The van der Waals surface area contributed by atoms with Crippen molar-refractivity contribution in [2.24, 2.45) is 11.8 Å². The predicted molar refractivity (Wildman–Crippen MR) is 132 cm³/mol. The van der Waals surface area contributed by atoms with E-state index >= 15 is 0 Å². The number of rotatable bonds is 9. The van der Waals surface area contributed by atoms with E-state index in [0.29, 0.717) is 43.1 Å². The Labute approximate surface area is 214 Å². The van der Waals surface area contributed by atoms with Gasteiger partial charge in [0.15, 0.2) is 5.76 Å². The average molecular weight is 515 g/mol. The number of ketones is 2.